The van der Waals surface area contributed by atoms with Crippen molar-refractivity contribution in [3.63, 3.8) is 0 Å². The van der Waals surface area contributed by atoms with Gasteiger partial charge in [0.1, 0.15) is 11.5 Å². The number of pyridine rings is 1. The average Bonchev–Trinajstić information content (AvgIpc) is 2.62. The van der Waals surface area contributed by atoms with Gasteiger partial charge < -0.3 is 15.3 Å². The molecule has 1 aliphatic heterocycles. The smallest absolute Gasteiger partial charge is 0.292 e. The van der Waals surface area contributed by atoms with E-state index in [0.717, 1.165) is 37.4 Å². The van der Waals surface area contributed by atoms with Crippen molar-refractivity contribution in [2.24, 2.45) is 0 Å². The maximum absolute atomic E-state index is 11.2. The van der Waals surface area contributed by atoms with Crippen molar-refractivity contribution in [1.29, 1.82) is 0 Å². The number of nitro benzene ring substituents is 1. The third kappa shape index (κ3) is 4.06. The van der Waals surface area contributed by atoms with E-state index in [4.69, 9.17) is 0 Å². The van der Waals surface area contributed by atoms with Gasteiger partial charge in [0.25, 0.3) is 5.69 Å². The zero-order chi connectivity index (χ0) is 17.8. The summed E-state index contributed by atoms with van der Waals surface area (Å²) in [7, 11) is 0. The molecule has 0 bridgehead atoms. The predicted molar refractivity (Wildman–Crippen MR) is 96.9 cm³/mol. The Morgan fingerprint density at radius 1 is 1.32 bits per heavy atom. The Balaban J connectivity index is 1.67. The van der Waals surface area contributed by atoms with Crippen LogP contribution in [-0.2, 0) is 6.61 Å². The molecule has 1 aliphatic rings. The van der Waals surface area contributed by atoms with Gasteiger partial charge in [-0.2, -0.15) is 0 Å². The minimum atomic E-state index is -0.394. The van der Waals surface area contributed by atoms with Gasteiger partial charge in [-0.05, 0) is 49.6 Å². The van der Waals surface area contributed by atoms with Gasteiger partial charge in [0.15, 0.2) is 0 Å². The molecular weight excluding hydrogens is 320 g/mol. The zero-order valence-electron chi connectivity index (χ0n) is 14.2. The summed E-state index contributed by atoms with van der Waals surface area (Å²) in [5.74, 6) is 0.978. The summed E-state index contributed by atoms with van der Waals surface area (Å²) >= 11 is 0. The van der Waals surface area contributed by atoms with Crippen molar-refractivity contribution in [3.05, 3.63) is 57.8 Å². The largest absolute Gasteiger partial charge is 0.392 e. The average molecular weight is 342 g/mol. The lowest BCUT2D eigenvalue weighted by Crippen LogP contribution is -2.39. The molecule has 2 N–H and O–H groups in total. The van der Waals surface area contributed by atoms with Crippen molar-refractivity contribution in [3.8, 4) is 0 Å². The summed E-state index contributed by atoms with van der Waals surface area (Å²) in [6.07, 6.45) is 1.74. The Kier molecular flexibility index (Phi) is 5.14. The quantitative estimate of drug-likeness (QED) is 0.641. The molecule has 25 heavy (non-hydrogen) atoms. The number of anilines is 2. The fourth-order valence-corrected chi connectivity index (χ4v) is 3.13. The first-order valence-corrected chi connectivity index (χ1v) is 8.40. The van der Waals surface area contributed by atoms with E-state index in [1.165, 1.54) is 6.07 Å². The Bertz CT molecular complexity index is 758. The third-order valence-corrected chi connectivity index (χ3v) is 4.49. The number of nitro groups is 1. The van der Waals surface area contributed by atoms with Crippen LogP contribution in [0.5, 0.6) is 0 Å². The topological polar surface area (TPSA) is 91.5 Å². The van der Waals surface area contributed by atoms with Crippen LogP contribution in [0.25, 0.3) is 0 Å². The summed E-state index contributed by atoms with van der Waals surface area (Å²) in [5.41, 5.74) is 2.17. The molecule has 7 heteroatoms. The zero-order valence-corrected chi connectivity index (χ0v) is 14.2. The highest BCUT2D eigenvalue weighted by atomic mass is 16.6. The van der Waals surface area contributed by atoms with E-state index in [0.29, 0.717) is 11.3 Å². The van der Waals surface area contributed by atoms with Gasteiger partial charge >= 0.3 is 0 Å². The van der Waals surface area contributed by atoms with Gasteiger partial charge in [0, 0.05) is 30.9 Å². The molecule has 132 valence electrons. The minimum Gasteiger partial charge on any atom is -0.392 e. The van der Waals surface area contributed by atoms with Crippen LogP contribution >= 0.6 is 0 Å². The number of nitrogens with zero attached hydrogens (tertiary/aromatic N) is 3. The lowest BCUT2D eigenvalue weighted by Gasteiger charge is -2.33. The van der Waals surface area contributed by atoms with E-state index in [9.17, 15) is 15.2 Å². The van der Waals surface area contributed by atoms with E-state index in [-0.39, 0.29) is 18.3 Å². The molecule has 0 radical (unpaired) electrons. The van der Waals surface area contributed by atoms with Gasteiger partial charge in [0.05, 0.1) is 11.5 Å². The Hall–Kier alpha value is -2.67. The molecule has 2 heterocycles. The van der Waals surface area contributed by atoms with Crippen LogP contribution in [0.15, 0.2) is 36.4 Å². The van der Waals surface area contributed by atoms with Gasteiger partial charge in [-0.15, -0.1) is 0 Å². The lowest BCUT2D eigenvalue weighted by atomic mass is 10.0. The number of rotatable bonds is 5. The monoisotopic (exact) mass is 342 g/mol. The van der Waals surface area contributed by atoms with Gasteiger partial charge in [-0.25, -0.2) is 4.98 Å². The number of aliphatic hydroxyl groups is 1. The Morgan fingerprint density at radius 3 is 2.72 bits per heavy atom. The Labute approximate surface area is 146 Å². The molecule has 1 saturated heterocycles. The Morgan fingerprint density at radius 2 is 2.08 bits per heavy atom. The van der Waals surface area contributed by atoms with Crippen molar-refractivity contribution in [2.45, 2.75) is 32.4 Å². The second-order valence-corrected chi connectivity index (χ2v) is 6.31. The first-order valence-electron chi connectivity index (χ1n) is 8.40. The van der Waals surface area contributed by atoms with Crippen molar-refractivity contribution < 1.29 is 10.0 Å². The van der Waals surface area contributed by atoms with E-state index >= 15 is 0 Å². The highest BCUT2D eigenvalue weighted by Crippen LogP contribution is 2.28. The number of aryl methyl sites for hydroxylation is 1. The van der Waals surface area contributed by atoms with Crippen LogP contribution in [-0.4, -0.2) is 34.1 Å². The second-order valence-electron chi connectivity index (χ2n) is 6.31. The molecule has 1 aromatic heterocycles. The second kappa shape index (κ2) is 7.48. The normalized spacial score (nSPS) is 15.2. The molecule has 1 aromatic carbocycles. The number of benzene rings is 1. The minimum absolute atomic E-state index is 0.0416. The standard InChI is InChI=1S/C18H22N4O3/c1-13-3-2-4-18(19-13)21-9-7-15(8-10-21)20-16-11-14(12-23)5-6-17(16)22(24)25/h2-6,11,15,20,23H,7-10,12H2,1H3. The fraction of sp³-hybridized carbons (Fsp3) is 0.389. The summed E-state index contributed by atoms with van der Waals surface area (Å²) < 4.78 is 0. The number of hydrogen-bond acceptors (Lipinski definition) is 6. The number of hydrogen-bond donors (Lipinski definition) is 2. The molecule has 0 spiro atoms. The molecular formula is C18H22N4O3. The van der Waals surface area contributed by atoms with E-state index < -0.39 is 4.92 Å². The summed E-state index contributed by atoms with van der Waals surface area (Å²) in [5, 5.41) is 23.8. The highest BCUT2D eigenvalue weighted by molar-refractivity contribution is 5.63. The molecule has 2 aromatic rings. The maximum atomic E-state index is 11.2. The number of nitrogens with one attached hydrogen (secondary N) is 1. The van der Waals surface area contributed by atoms with Gasteiger partial charge in [-0.1, -0.05) is 6.07 Å². The first kappa shape index (κ1) is 17.2. The third-order valence-electron chi connectivity index (χ3n) is 4.49. The van der Waals surface area contributed by atoms with Crippen molar-refractivity contribution in [2.75, 3.05) is 23.3 Å². The first-order chi connectivity index (χ1) is 12.1. The summed E-state index contributed by atoms with van der Waals surface area (Å²) in [6, 6.07) is 10.8. The van der Waals surface area contributed by atoms with Crippen LogP contribution in [0.2, 0.25) is 0 Å². The predicted octanol–water partition coefficient (Wildman–Crippen LogP) is 2.87. The molecule has 0 unspecified atom stereocenters. The van der Waals surface area contributed by atoms with E-state index in [2.05, 4.69) is 15.2 Å². The van der Waals surface area contributed by atoms with E-state index in [1.54, 1.807) is 12.1 Å². The molecule has 3 rings (SSSR count). The number of aliphatic hydroxyl groups excluding tert-OH is 1. The number of aromatic nitrogens is 1. The van der Waals surface area contributed by atoms with Crippen LogP contribution in [0.3, 0.4) is 0 Å². The fourth-order valence-electron chi connectivity index (χ4n) is 3.13. The van der Waals surface area contributed by atoms with Crippen molar-refractivity contribution >= 4 is 17.2 Å². The SMILES string of the molecule is Cc1cccc(N2CCC(Nc3cc(CO)ccc3[N+](=O)[O-])CC2)n1. The number of piperidine rings is 1. The molecule has 7 nitrogen and oxygen atoms in total. The highest BCUT2D eigenvalue weighted by Gasteiger charge is 2.23. The van der Waals surface area contributed by atoms with Gasteiger partial charge in [-0.3, -0.25) is 10.1 Å². The summed E-state index contributed by atoms with van der Waals surface area (Å²) in [4.78, 5) is 17.6. The molecule has 0 aliphatic carbocycles. The maximum Gasteiger partial charge on any atom is 0.292 e. The van der Waals surface area contributed by atoms with Crippen LogP contribution in [0.1, 0.15) is 24.1 Å². The molecule has 0 amide bonds. The lowest BCUT2D eigenvalue weighted by molar-refractivity contribution is -0.384. The van der Waals surface area contributed by atoms with Crippen molar-refractivity contribution in [1.82, 2.24) is 4.98 Å². The van der Waals surface area contributed by atoms with Crippen LogP contribution < -0.4 is 10.2 Å². The summed E-state index contributed by atoms with van der Waals surface area (Å²) in [6.45, 7) is 3.54. The van der Waals surface area contributed by atoms with Crippen LogP contribution in [0.4, 0.5) is 17.2 Å². The van der Waals surface area contributed by atoms with E-state index in [1.807, 2.05) is 25.1 Å². The molecule has 0 saturated carbocycles. The van der Waals surface area contributed by atoms with Gasteiger partial charge in [0.2, 0.25) is 0 Å². The van der Waals surface area contributed by atoms with Crippen LogP contribution in [0, 0.1) is 17.0 Å². The molecule has 1 fully saturated rings. The molecule has 0 atom stereocenters.